The second-order valence-corrected chi connectivity index (χ2v) is 2.60. The first kappa shape index (κ1) is 9.92. The minimum absolute atomic E-state index is 0.0163. The Morgan fingerprint density at radius 2 is 2.30 bits per heavy atom. The molecule has 1 atom stereocenters. The molecule has 0 saturated heterocycles. The second kappa shape index (κ2) is 5.69. The van der Waals surface area contributed by atoms with Gasteiger partial charge in [0, 0.05) is 13.0 Å². The van der Waals surface area contributed by atoms with Gasteiger partial charge in [0.1, 0.15) is 5.78 Å². The third-order valence-corrected chi connectivity index (χ3v) is 1.80. The third-order valence-electron chi connectivity index (χ3n) is 1.50. The van der Waals surface area contributed by atoms with Gasteiger partial charge in [-0.15, -0.1) is 11.6 Å². The minimum Gasteiger partial charge on any atom is -0.396 e. The number of hydrogen-bond acceptors (Lipinski definition) is 2. The van der Waals surface area contributed by atoms with Crippen LogP contribution in [0.4, 0.5) is 0 Å². The molecule has 0 radical (unpaired) electrons. The maximum absolute atomic E-state index is 10.7. The lowest BCUT2D eigenvalue weighted by Crippen LogP contribution is -2.12. The van der Waals surface area contributed by atoms with Gasteiger partial charge in [-0.1, -0.05) is 13.3 Å². The van der Waals surface area contributed by atoms with Crippen LogP contribution in [0.25, 0.3) is 0 Å². The van der Waals surface area contributed by atoms with E-state index >= 15 is 0 Å². The lowest BCUT2D eigenvalue weighted by molar-refractivity contribution is -0.117. The van der Waals surface area contributed by atoms with Crippen LogP contribution in [0.1, 0.15) is 19.8 Å². The van der Waals surface area contributed by atoms with Gasteiger partial charge < -0.3 is 5.11 Å². The van der Waals surface area contributed by atoms with Gasteiger partial charge >= 0.3 is 0 Å². The SMILES string of the molecule is CCC(CO)CC(=O)CCl. The van der Waals surface area contributed by atoms with Crippen LogP contribution < -0.4 is 0 Å². The van der Waals surface area contributed by atoms with E-state index in [0.717, 1.165) is 6.42 Å². The van der Waals surface area contributed by atoms with E-state index < -0.39 is 0 Å². The summed E-state index contributed by atoms with van der Waals surface area (Å²) in [5.41, 5.74) is 0. The van der Waals surface area contributed by atoms with E-state index in [4.69, 9.17) is 16.7 Å². The van der Waals surface area contributed by atoms with Crippen molar-refractivity contribution in [3.8, 4) is 0 Å². The molecule has 0 aromatic carbocycles. The molecule has 1 N–H and O–H groups in total. The Bertz CT molecular complexity index is 99.8. The van der Waals surface area contributed by atoms with Gasteiger partial charge in [-0.05, 0) is 5.92 Å². The summed E-state index contributed by atoms with van der Waals surface area (Å²) in [4.78, 5) is 10.7. The number of aliphatic hydroxyl groups is 1. The van der Waals surface area contributed by atoms with Crippen LogP contribution in [-0.2, 0) is 4.79 Å². The molecular formula is C7H13ClO2. The molecule has 0 amide bonds. The van der Waals surface area contributed by atoms with Crippen LogP contribution in [0.2, 0.25) is 0 Å². The van der Waals surface area contributed by atoms with E-state index in [1.54, 1.807) is 0 Å². The normalized spacial score (nSPS) is 13.1. The van der Waals surface area contributed by atoms with Crippen LogP contribution in [0.15, 0.2) is 0 Å². The first-order valence-electron chi connectivity index (χ1n) is 3.43. The molecule has 1 unspecified atom stereocenters. The summed E-state index contributed by atoms with van der Waals surface area (Å²) in [6, 6.07) is 0. The standard InChI is InChI=1S/C7H13ClO2/c1-2-6(5-9)3-7(10)4-8/h6,9H,2-5H2,1H3. The number of carbonyl (C=O) groups excluding carboxylic acids is 1. The second-order valence-electron chi connectivity index (χ2n) is 2.33. The van der Waals surface area contributed by atoms with E-state index in [1.165, 1.54) is 0 Å². The molecule has 10 heavy (non-hydrogen) atoms. The van der Waals surface area contributed by atoms with Gasteiger partial charge in [-0.2, -0.15) is 0 Å². The Labute approximate surface area is 66.2 Å². The molecule has 0 aromatic rings. The van der Waals surface area contributed by atoms with Crippen molar-refractivity contribution in [2.24, 2.45) is 5.92 Å². The molecule has 3 heteroatoms. The molecule has 2 nitrogen and oxygen atoms in total. The maximum Gasteiger partial charge on any atom is 0.147 e. The van der Waals surface area contributed by atoms with E-state index in [0.29, 0.717) is 6.42 Å². The van der Waals surface area contributed by atoms with Crippen LogP contribution >= 0.6 is 11.6 Å². The number of hydrogen-bond donors (Lipinski definition) is 1. The number of carbonyl (C=O) groups is 1. The number of aliphatic hydroxyl groups excluding tert-OH is 1. The molecule has 0 fully saturated rings. The summed E-state index contributed by atoms with van der Waals surface area (Å²) in [5.74, 6) is 0.185. The summed E-state index contributed by atoms with van der Waals surface area (Å²) in [7, 11) is 0. The number of halogens is 1. The average Bonchev–Trinajstić information content (AvgIpc) is 1.99. The van der Waals surface area contributed by atoms with Crippen molar-refractivity contribution in [3.63, 3.8) is 0 Å². The quantitative estimate of drug-likeness (QED) is 0.621. The van der Waals surface area contributed by atoms with Crippen molar-refractivity contribution in [2.75, 3.05) is 12.5 Å². The number of ketones is 1. The molecule has 0 bridgehead atoms. The molecule has 0 rings (SSSR count). The third kappa shape index (κ3) is 3.85. The molecule has 60 valence electrons. The van der Waals surface area contributed by atoms with Crippen molar-refractivity contribution in [1.29, 1.82) is 0 Å². The average molecular weight is 165 g/mol. The van der Waals surface area contributed by atoms with Crippen molar-refractivity contribution in [2.45, 2.75) is 19.8 Å². The molecule has 0 spiro atoms. The topological polar surface area (TPSA) is 37.3 Å². The van der Waals surface area contributed by atoms with Gasteiger partial charge in [-0.3, -0.25) is 4.79 Å². The van der Waals surface area contributed by atoms with Crippen LogP contribution in [-0.4, -0.2) is 23.4 Å². The Morgan fingerprint density at radius 1 is 1.70 bits per heavy atom. The largest absolute Gasteiger partial charge is 0.396 e. The smallest absolute Gasteiger partial charge is 0.147 e. The predicted octanol–water partition coefficient (Wildman–Crippen LogP) is 1.20. The summed E-state index contributed by atoms with van der Waals surface area (Å²) in [6.45, 7) is 2.03. The van der Waals surface area contributed by atoms with Crippen LogP contribution in [0, 0.1) is 5.92 Å². The Morgan fingerprint density at radius 3 is 2.60 bits per heavy atom. The van der Waals surface area contributed by atoms with Crippen molar-refractivity contribution in [3.05, 3.63) is 0 Å². The Balaban J connectivity index is 3.52. The molecule has 0 saturated carbocycles. The number of rotatable bonds is 5. The van der Waals surface area contributed by atoms with Gasteiger partial charge in [0.2, 0.25) is 0 Å². The van der Waals surface area contributed by atoms with Gasteiger partial charge in [-0.25, -0.2) is 0 Å². The maximum atomic E-state index is 10.7. The highest BCUT2D eigenvalue weighted by Gasteiger charge is 2.09. The van der Waals surface area contributed by atoms with E-state index in [1.807, 2.05) is 6.92 Å². The van der Waals surface area contributed by atoms with E-state index in [-0.39, 0.29) is 24.2 Å². The summed E-state index contributed by atoms with van der Waals surface area (Å²) < 4.78 is 0. The fourth-order valence-corrected chi connectivity index (χ4v) is 0.824. The van der Waals surface area contributed by atoms with Crippen LogP contribution in [0.3, 0.4) is 0 Å². The molecule has 0 aliphatic rings. The minimum atomic E-state index is 0.0163. The zero-order valence-corrected chi connectivity index (χ0v) is 6.90. The predicted molar refractivity (Wildman–Crippen MR) is 41.2 cm³/mol. The number of Topliss-reactive ketones (excluding diaryl/α,β-unsaturated/α-hetero) is 1. The van der Waals surface area contributed by atoms with E-state index in [2.05, 4.69) is 0 Å². The zero-order valence-electron chi connectivity index (χ0n) is 6.14. The van der Waals surface area contributed by atoms with Crippen molar-refractivity contribution in [1.82, 2.24) is 0 Å². The van der Waals surface area contributed by atoms with Gasteiger partial charge in [0.15, 0.2) is 0 Å². The fraction of sp³-hybridized carbons (Fsp3) is 0.857. The molecule has 0 aliphatic carbocycles. The molecule has 0 aliphatic heterocycles. The first-order valence-corrected chi connectivity index (χ1v) is 3.96. The summed E-state index contributed by atoms with van der Waals surface area (Å²) >= 11 is 5.28. The number of alkyl halides is 1. The monoisotopic (exact) mass is 164 g/mol. The molecule has 0 heterocycles. The zero-order chi connectivity index (χ0) is 7.98. The van der Waals surface area contributed by atoms with E-state index in [9.17, 15) is 4.79 Å². The lowest BCUT2D eigenvalue weighted by atomic mass is 10.0. The summed E-state index contributed by atoms with van der Waals surface area (Å²) in [6.07, 6.45) is 1.25. The van der Waals surface area contributed by atoms with Gasteiger partial charge in [0.25, 0.3) is 0 Å². The summed E-state index contributed by atoms with van der Waals surface area (Å²) in [5, 5.41) is 8.68. The first-order chi connectivity index (χ1) is 4.74. The highest BCUT2D eigenvalue weighted by molar-refractivity contribution is 6.27. The highest BCUT2D eigenvalue weighted by Crippen LogP contribution is 2.07. The highest BCUT2D eigenvalue weighted by atomic mass is 35.5. The van der Waals surface area contributed by atoms with Crippen molar-refractivity contribution >= 4 is 17.4 Å². The van der Waals surface area contributed by atoms with Gasteiger partial charge in [0.05, 0.1) is 5.88 Å². The Kier molecular flexibility index (Phi) is 5.64. The fourth-order valence-electron chi connectivity index (χ4n) is 0.715. The van der Waals surface area contributed by atoms with Crippen LogP contribution in [0.5, 0.6) is 0 Å². The molecular weight excluding hydrogens is 152 g/mol. The van der Waals surface area contributed by atoms with Crippen molar-refractivity contribution < 1.29 is 9.90 Å². The Hall–Kier alpha value is -0.0800. The lowest BCUT2D eigenvalue weighted by Gasteiger charge is -2.07. The molecule has 0 aromatic heterocycles.